The van der Waals surface area contributed by atoms with Gasteiger partial charge in [0, 0.05) is 23.3 Å². The summed E-state index contributed by atoms with van der Waals surface area (Å²) in [5.41, 5.74) is -0.0505. The Labute approximate surface area is 179 Å². The summed E-state index contributed by atoms with van der Waals surface area (Å²) in [4.78, 5) is 46.4. The van der Waals surface area contributed by atoms with Crippen LogP contribution < -0.4 is 10.6 Å². The van der Waals surface area contributed by atoms with Gasteiger partial charge in [0.05, 0.1) is 6.10 Å². The lowest BCUT2D eigenvalue weighted by molar-refractivity contribution is -0.130. The van der Waals surface area contributed by atoms with E-state index in [1.165, 1.54) is 11.3 Å². The van der Waals surface area contributed by atoms with Crippen molar-refractivity contribution in [3.63, 3.8) is 0 Å². The highest BCUT2D eigenvalue weighted by atomic mass is 32.1. The molecule has 0 aromatic carbocycles. The number of ketones is 1. The number of carbonyl (C=O) groups is 3. The van der Waals surface area contributed by atoms with Crippen LogP contribution in [0.25, 0.3) is 10.6 Å². The molecular weight excluding hydrogens is 404 g/mol. The molecule has 9 heteroatoms. The molecular formula is C21H26N4O4S. The summed E-state index contributed by atoms with van der Waals surface area (Å²) in [5.74, 6) is -0.871. The maximum absolute atomic E-state index is 13.0. The van der Waals surface area contributed by atoms with Crippen LogP contribution >= 0.6 is 11.3 Å². The number of hydrogen-bond donors (Lipinski definition) is 2. The first-order chi connectivity index (χ1) is 14.2. The molecule has 3 heterocycles. The van der Waals surface area contributed by atoms with Crippen LogP contribution in [0.2, 0.25) is 0 Å². The van der Waals surface area contributed by atoms with E-state index in [0.717, 1.165) is 5.56 Å². The van der Waals surface area contributed by atoms with Gasteiger partial charge in [0.25, 0.3) is 5.91 Å². The zero-order valence-electron chi connectivity index (χ0n) is 17.5. The summed E-state index contributed by atoms with van der Waals surface area (Å²) >= 11 is 1.33. The molecule has 0 saturated carbocycles. The van der Waals surface area contributed by atoms with Crippen molar-refractivity contribution in [3.8, 4) is 10.6 Å². The predicted molar refractivity (Wildman–Crippen MR) is 113 cm³/mol. The molecule has 0 bridgehead atoms. The largest absolute Gasteiger partial charge is 0.368 e. The van der Waals surface area contributed by atoms with Crippen molar-refractivity contribution in [2.45, 2.75) is 51.8 Å². The number of amides is 2. The van der Waals surface area contributed by atoms with Crippen molar-refractivity contribution in [2.75, 3.05) is 6.61 Å². The lowest BCUT2D eigenvalue weighted by atomic mass is 9.92. The van der Waals surface area contributed by atoms with Gasteiger partial charge in [0.15, 0.2) is 5.78 Å². The average molecular weight is 431 g/mol. The molecule has 2 aromatic rings. The monoisotopic (exact) mass is 430 g/mol. The third-order valence-electron chi connectivity index (χ3n) is 5.21. The first-order valence-corrected chi connectivity index (χ1v) is 10.7. The maximum Gasteiger partial charge on any atom is 0.271 e. The van der Waals surface area contributed by atoms with E-state index in [2.05, 4.69) is 20.6 Å². The van der Waals surface area contributed by atoms with Crippen LogP contribution in [0.3, 0.4) is 0 Å². The SMILES string of the molecule is CC(C)CC(NC(=O)c1csc(-c2cccnc2)n1)C(=O)NC1(C)C(=O)COC1C. The van der Waals surface area contributed by atoms with Gasteiger partial charge in [0.1, 0.15) is 28.9 Å². The van der Waals surface area contributed by atoms with Crippen molar-refractivity contribution in [2.24, 2.45) is 5.92 Å². The summed E-state index contributed by atoms with van der Waals surface area (Å²) in [7, 11) is 0. The number of hydrogen-bond acceptors (Lipinski definition) is 7. The Balaban J connectivity index is 1.73. The van der Waals surface area contributed by atoms with Gasteiger partial charge >= 0.3 is 0 Å². The number of pyridine rings is 1. The highest BCUT2D eigenvalue weighted by Crippen LogP contribution is 2.24. The normalized spacial score (nSPS) is 22.2. The highest BCUT2D eigenvalue weighted by Gasteiger charge is 2.47. The van der Waals surface area contributed by atoms with Crippen LogP contribution in [-0.2, 0) is 14.3 Å². The van der Waals surface area contributed by atoms with Crippen molar-refractivity contribution < 1.29 is 19.1 Å². The van der Waals surface area contributed by atoms with Crippen LogP contribution in [-0.4, -0.2) is 51.9 Å². The van der Waals surface area contributed by atoms with E-state index in [0.29, 0.717) is 11.4 Å². The zero-order valence-corrected chi connectivity index (χ0v) is 18.3. The molecule has 2 N–H and O–H groups in total. The second-order valence-corrected chi connectivity index (χ2v) is 8.86. The molecule has 1 fully saturated rings. The van der Waals surface area contributed by atoms with Crippen molar-refractivity contribution >= 4 is 28.9 Å². The van der Waals surface area contributed by atoms with Gasteiger partial charge in [0.2, 0.25) is 5.91 Å². The summed E-state index contributed by atoms with van der Waals surface area (Å²) < 4.78 is 5.37. The smallest absolute Gasteiger partial charge is 0.271 e. The fourth-order valence-electron chi connectivity index (χ4n) is 3.19. The van der Waals surface area contributed by atoms with E-state index in [1.54, 1.807) is 37.7 Å². The molecule has 3 atom stereocenters. The number of Topliss-reactive ketones (excluding diaryl/α,β-unsaturated/α-hetero) is 1. The van der Waals surface area contributed by atoms with Gasteiger partial charge in [-0.25, -0.2) is 4.98 Å². The highest BCUT2D eigenvalue weighted by molar-refractivity contribution is 7.13. The Hall–Kier alpha value is -2.65. The molecule has 30 heavy (non-hydrogen) atoms. The molecule has 8 nitrogen and oxygen atoms in total. The van der Waals surface area contributed by atoms with Crippen molar-refractivity contribution in [1.29, 1.82) is 0 Å². The minimum atomic E-state index is -1.11. The van der Waals surface area contributed by atoms with Crippen molar-refractivity contribution in [1.82, 2.24) is 20.6 Å². The number of aromatic nitrogens is 2. The molecule has 0 radical (unpaired) electrons. The summed E-state index contributed by atoms with van der Waals surface area (Å²) in [5, 5.41) is 7.90. The van der Waals surface area contributed by atoms with Crippen molar-refractivity contribution in [3.05, 3.63) is 35.6 Å². The Morgan fingerprint density at radius 1 is 1.40 bits per heavy atom. The molecule has 3 unspecified atom stereocenters. The molecule has 1 saturated heterocycles. The Morgan fingerprint density at radius 3 is 2.77 bits per heavy atom. The molecule has 0 spiro atoms. The van der Waals surface area contributed by atoms with Crippen LogP contribution in [0.15, 0.2) is 29.9 Å². The Morgan fingerprint density at radius 2 is 2.17 bits per heavy atom. The molecule has 1 aliphatic heterocycles. The van der Waals surface area contributed by atoms with E-state index in [9.17, 15) is 14.4 Å². The molecule has 1 aliphatic rings. The minimum absolute atomic E-state index is 0.0326. The predicted octanol–water partition coefficient (Wildman–Crippen LogP) is 2.21. The topological polar surface area (TPSA) is 110 Å². The number of rotatable bonds is 7. The van der Waals surface area contributed by atoms with Gasteiger partial charge in [-0.05, 0) is 38.3 Å². The number of ether oxygens (including phenoxy) is 1. The summed E-state index contributed by atoms with van der Waals surface area (Å²) in [6.45, 7) is 7.29. The molecule has 160 valence electrons. The van der Waals surface area contributed by atoms with Gasteiger partial charge in [-0.2, -0.15) is 0 Å². The minimum Gasteiger partial charge on any atom is -0.368 e. The molecule has 3 rings (SSSR count). The first kappa shape index (κ1) is 22.0. The lowest BCUT2D eigenvalue weighted by Crippen LogP contribution is -2.60. The lowest BCUT2D eigenvalue weighted by Gasteiger charge is -2.30. The average Bonchev–Trinajstić information content (AvgIpc) is 3.29. The molecule has 2 aromatic heterocycles. The quantitative estimate of drug-likeness (QED) is 0.697. The number of nitrogens with zero attached hydrogens (tertiary/aromatic N) is 2. The van der Waals surface area contributed by atoms with E-state index >= 15 is 0 Å². The van der Waals surface area contributed by atoms with Gasteiger partial charge in [-0.15, -0.1) is 11.3 Å². The number of thiazole rings is 1. The standard InChI is InChI=1S/C21H26N4O4S/c1-12(2)8-15(19(28)25-21(4)13(3)29-10-17(21)26)23-18(27)16-11-30-20(24-16)14-6-5-7-22-9-14/h5-7,9,11-13,15H,8,10H2,1-4H3,(H,23,27)(H,25,28). The third kappa shape index (κ3) is 4.73. The summed E-state index contributed by atoms with van der Waals surface area (Å²) in [6.07, 6.45) is 3.33. The fourth-order valence-corrected chi connectivity index (χ4v) is 3.98. The van der Waals surface area contributed by atoms with E-state index in [4.69, 9.17) is 4.74 Å². The van der Waals surface area contributed by atoms with Crippen LogP contribution in [0, 0.1) is 5.92 Å². The number of carbonyl (C=O) groups excluding carboxylic acids is 3. The molecule has 0 aliphatic carbocycles. The van der Waals surface area contributed by atoms with E-state index in [1.807, 2.05) is 19.9 Å². The van der Waals surface area contributed by atoms with Gasteiger partial charge in [-0.3, -0.25) is 19.4 Å². The maximum atomic E-state index is 13.0. The Kier molecular flexibility index (Phi) is 6.62. The Bertz CT molecular complexity index is 930. The number of nitrogens with one attached hydrogen (secondary N) is 2. The van der Waals surface area contributed by atoms with Crippen LogP contribution in [0.4, 0.5) is 0 Å². The van der Waals surface area contributed by atoms with Gasteiger partial charge in [-0.1, -0.05) is 13.8 Å². The van der Waals surface area contributed by atoms with Crippen LogP contribution in [0.5, 0.6) is 0 Å². The first-order valence-electron chi connectivity index (χ1n) is 9.84. The van der Waals surface area contributed by atoms with E-state index in [-0.39, 0.29) is 24.0 Å². The summed E-state index contributed by atoms with van der Waals surface area (Å²) in [6, 6.07) is 2.87. The molecule has 2 amide bonds. The second kappa shape index (κ2) is 9.01. The van der Waals surface area contributed by atoms with Gasteiger partial charge < -0.3 is 15.4 Å². The van der Waals surface area contributed by atoms with E-state index < -0.39 is 29.5 Å². The second-order valence-electron chi connectivity index (χ2n) is 8.00. The third-order valence-corrected chi connectivity index (χ3v) is 6.11. The van der Waals surface area contributed by atoms with Crippen LogP contribution in [0.1, 0.15) is 44.6 Å². The fraction of sp³-hybridized carbons (Fsp3) is 0.476. The zero-order chi connectivity index (χ0) is 21.9.